The Morgan fingerprint density at radius 1 is 1.58 bits per heavy atom. The number of ether oxygens (including phenoxy) is 1. The zero-order valence-corrected chi connectivity index (χ0v) is 14.1. The monoisotopic (exact) mass is 370 g/mol. The molecule has 0 amide bonds. The van der Waals surface area contributed by atoms with E-state index in [1.165, 1.54) is 23.7 Å². The topological polar surface area (TPSA) is 59.5 Å². The SMILES string of the molecule is CCN(C(C)COC)S(=O)(=O)c1cc(Br)cnc1Cl. The summed E-state index contributed by atoms with van der Waals surface area (Å²) in [6.45, 7) is 4.19. The van der Waals surface area contributed by atoms with Crippen LogP contribution < -0.4 is 0 Å². The Labute approximate surface area is 127 Å². The lowest BCUT2D eigenvalue weighted by atomic mass is 10.4. The molecule has 0 saturated heterocycles. The lowest BCUT2D eigenvalue weighted by Crippen LogP contribution is -2.41. The molecule has 0 fully saturated rings. The van der Waals surface area contributed by atoms with E-state index in [4.69, 9.17) is 16.3 Å². The molecule has 0 spiro atoms. The molecule has 108 valence electrons. The van der Waals surface area contributed by atoms with E-state index < -0.39 is 10.0 Å². The molecule has 1 unspecified atom stereocenters. The van der Waals surface area contributed by atoms with E-state index in [2.05, 4.69) is 20.9 Å². The maximum atomic E-state index is 12.6. The third kappa shape index (κ3) is 3.88. The first-order chi connectivity index (χ1) is 8.84. The van der Waals surface area contributed by atoms with E-state index in [9.17, 15) is 8.42 Å². The van der Waals surface area contributed by atoms with Gasteiger partial charge in [0.1, 0.15) is 10.0 Å². The minimum atomic E-state index is -3.70. The van der Waals surface area contributed by atoms with Crippen molar-refractivity contribution in [3.63, 3.8) is 0 Å². The first-order valence-electron chi connectivity index (χ1n) is 5.66. The Balaban J connectivity index is 3.24. The fraction of sp³-hybridized carbons (Fsp3) is 0.545. The maximum absolute atomic E-state index is 12.6. The normalized spacial score (nSPS) is 13.8. The molecule has 0 bridgehead atoms. The van der Waals surface area contributed by atoms with E-state index in [0.717, 1.165) is 0 Å². The Kier molecular flexibility index (Phi) is 6.19. The average molecular weight is 372 g/mol. The van der Waals surface area contributed by atoms with Gasteiger partial charge in [0.05, 0.1) is 6.61 Å². The molecular weight excluding hydrogens is 356 g/mol. The molecule has 1 heterocycles. The molecule has 19 heavy (non-hydrogen) atoms. The molecule has 0 aliphatic rings. The first-order valence-corrected chi connectivity index (χ1v) is 8.27. The van der Waals surface area contributed by atoms with Crippen LogP contribution in [0.2, 0.25) is 5.15 Å². The van der Waals surface area contributed by atoms with Crippen LogP contribution in [-0.2, 0) is 14.8 Å². The van der Waals surface area contributed by atoms with Crippen molar-refractivity contribution in [1.29, 1.82) is 0 Å². The van der Waals surface area contributed by atoms with Gasteiger partial charge in [0.15, 0.2) is 0 Å². The van der Waals surface area contributed by atoms with E-state index >= 15 is 0 Å². The van der Waals surface area contributed by atoms with Gasteiger partial charge in [-0.1, -0.05) is 18.5 Å². The van der Waals surface area contributed by atoms with Crippen LogP contribution in [0.1, 0.15) is 13.8 Å². The number of aromatic nitrogens is 1. The third-order valence-corrected chi connectivity index (χ3v) is 5.52. The van der Waals surface area contributed by atoms with E-state index in [1.54, 1.807) is 13.8 Å². The van der Waals surface area contributed by atoms with Gasteiger partial charge in [-0.05, 0) is 28.9 Å². The predicted octanol–water partition coefficient (Wildman–Crippen LogP) is 2.54. The van der Waals surface area contributed by atoms with E-state index in [0.29, 0.717) is 17.6 Å². The highest BCUT2D eigenvalue weighted by Gasteiger charge is 2.30. The van der Waals surface area contributed by atoms with Crippen LogP contribution in [0.5, 0.6) is 0 Å². The zero-order chi connectivity index (χ0) is 14.6. The highest BCUT2D eigenvalue weighted by atomic mass is 79.9. The fourth-order valence-electron chi connectivity index (χ4n) is 1.75. The highest BCUT2D eigenvalue weighted by molar-refractivity contribution is 9.10. The summed E-state index contributed by atoms with van der Waals surface area (Å²) in [5.74, 6) is 0. The summed E-state index contributed by atoms with van der Waals surface area (Å²) >= 11 is 9.09. The smallest absolute Gasteiger partial charge is 0.246 e. The molecule has 0 aromatic carbocycles. The molecule has 0 N–H and O–H groups in total. The second kappa shape index (κ2) is 6.99. The number of methoxy groups -OCH3 is 1. The van der Waals surface area contributed by atoms with Crippen molar-refractivity contribution in [2.45, 2.75) is 24.8 Å². The van der Waals surface area contributed by atoms with Gasteiger partial charge in [0, 0.05) is 30.4 Å². The van der Waals surface area contributed by atoms with Crippen molar-refractivity contribution in [1.82, 2.24) is 9.29 Å². The Morgan fingerprint density at radius 3 is 2.74 bits per heavy atom. The summed E-state index contributed by atoms with van der Waals surface area (Å²) in [5, 5.41) is -0.0359. The Hall–Kier alpha value is -0.210. The van der Waals surface area contributed by atoms with Crippen molar-refractivity contribution in [2.75, 3.05) is 20.3 Å². The van der Waals surface area contributed by atoms with Crippen LogP contribution >= 0.6 is 27.5 Å². The summed E-state index contributed by atoms with van der Waals surface area (Å²) in [6.07, 6.45) is 1.45. The lowest BCUT2D eigenvalue weighted by molar-refractivity contribution is 0.142. The zero-order valence-electron chi connectivity index (χ0n) is 10.9. The lowest BCUT2D eigenvalue weighted by Gasteiger charge is -2.26. The summed E-state index contributed by atoms with van der Waals surface area (Å²) < 4.78 is 32.1. The highest BCUT2D eigenvalue weighted by Crippen LogP contribution is 2.26. The minimum Gasteiger partial charge on any atom is -0.383 e. The van der Waals surface area contributed by atoms with Crippen molar-refractivity contribution in [2.24, 2.45) is 0 Å². The van der Waals surface area contributed by atoms with Crippen molar-refractivity contribution < 1.29 is 13.2 Å². The van der Waals surface area contributed by atoms with Gasteiger partial charge in [-0.15, -0.1) is 0 Å². The number of hydrogen-bond acceptors (Lipinski definition) is 4. The average Bonchev–Trinajstić information content (AvgIpc) is 2.33. The number of hydrogen-bond donors (Lipinski definition) is 0. The van der Waals surface area contributed by atoms with Crippen LogP contribution in [-0.4, -0.2) is 44.0 Å². The van der Waals surface area contributed by atoms with Crippen LogP contribution in [0.4, 0.5) is 0 Å². The number of pyridine rings is 1. The first kappa shape index (κ1) is 16.8. The third-order valence-electron chi connectivity index (χ3n) is 2.57. The largest absolute Gasteiger partial charge is 0.383 e. The summed E-state index contributed by atoms with van der Waals surface area (Å²) in [6, 6.07) is 1.17. The quantitative estimate of drug-likeness (QED) is 0.721. The van der Waals surface area contributed by atoms with Gasteiger partial charge >= 0.3 is 0 Å². The van der Waals surface area contributed by atoms with Gasteiger partial charge in [-0.25, -0.2) is 13.4 Å². The van der Waals surface area contributed by atoms with Gasteiger partial charge < -0.3 is 4.74 Å². The van der Waals surface area contributed by atoms with Crippen LogP contribution in [0, 0.1) is 0 Å². The minimum absolute atomic E-state index is 0.00616. The van der Waals surface area contributed by atoms with Crippen molar-refractivity contribution >= 4 is 37.6 Å². The molecule has 8 heteroatoms. The van der Waals surface area contributed by atoms with Crippen LogP contribution in [0.3, 0.4) is 0 Å². The second-order valence-corrected chi connectivity index (χ2v) is 7.09. The predicted molar refractivity (Wildman–Crippen MR) is 77.9 cm³/mol. The maximum Gasteiger partial charge on any atom is 0.246 e. The number of sulfonamides is 1. The molecule has 1 atom stereocenters. The molecule has 1 aromatic rings. The number of nitrogens with zero attached hydrogens (tertiary/aromatic N) is 2. The van der Waals surface area contributed by atoms with E-state index in [-0.39, 0.29) is 16.1 Å². The van der Waals surface area contributed by atoms with Crippen molar-refractivity contribution in [3.8, 4) is 0 Å². The number of likely N-dealkylation sites (N-methyl/N-ethyl adjacent to an activating group) is 1. The molecule has 1 rings (SSSR count). The summed E-state index contributed by atoms with van der Waals surface area (Å²) in [7, 11) is -2.16. The van der Waals surface area contributed by atoms with Crippen LogP contribution in [0.15, 0.2) is 21.6 Å². The van der Waals surface area contributed by atoms with Gasteiger partial charge in [-0.3, -0.25) is 0 Å². The molecule has 0 aliphatic heterocycles. The molecular formula is C11H16BrClN2O3S. The number of rotatable bonds is 6. The Morgan fingerprint density at radius 2 is 2.21 bits per heavy atom. The summed E-state index contributed by atoms with van der Waals surface area (Å²) in [4.78, 5) is 3.84. The van der Waals surface area contributed by atoms with Gasteiger partial charge in [0.25, 0.3) is 0 Å². The van der Waals surface area contributed by atoms with Gasteiger partial charge in [0.2, 0.25) is 10.0 Å². The standard InChI is InChI=1S/C11H16BrClN2O3S/c1-4-15(8(2)7-18-3)19(16,17)10-5-9(12)6-14-11(10)13/h5-6,8H,4,7H2,1-3H3. The van der Waals surface area contributed by atoms with E-state index in [1.807, 2.05) is 0 Å². The molecule has 5 nitrogen and oxygen atoms in total. The van der Waals surface area contributed by atoms with Crippen molar-refractivity contribution in [3.05, 3.63) is 21.9 Å². The molecule has 0 radical (unpaired) electrons. The molecule has 1 aromatic heterocycles. The molecule has 0 saturated carbocycles. The van der Waals surface area contributed by atoms with Gasteiger partial charge in [-0.2, -0.15) is 4.31 Å². The Bertz CT molecular complexity index is 539. The second-order valence-electron chi connectivity index (χ2n) is 3.96. The molecule has 0 aliphatic carbocycles. The fourth-order valence-corrected chi connectivity index (χ4v) is 4.30. The number of halogens is 2. The van der Waals surface area contributed by atoms with Crippen LogP contribution in [0.25, 0.3) is 0 Å². The summed E-state index contributed by atoms with van der Waals surface area (Å²) in [5.41, 5.74) is 0.